The number of rotatable bonds is 5. The van der Waals surface area contributed by atoms with Crippen molar-refractivity contribution in [3.8, 4) is 0 Å². The maximum atomic E-state index is 12.9. The fourth-order valence-electron chi connectivity index (χ4n) is 5.02. The van der Waals surface area contributed by atoms with Crippen LogP contribution in [0.25, 0.3) is 0 Å². The summed E-state index contributed by atoms with van der Waals surface area (Å²) in [6.07, 6.45) is -0.964. The first-order valence-corrected chi connectivity index (χ1v) is 10.4. The van der Waals surface area contributed by atoms with Gasteiger partial charge in [0.1, 0.15) is 5.41 Å². The van der Waals surface area contributed by atoms with Crippen LogP contribution in [0.3, 0.4) is 0 Å². The Morgan fingerprint density at radius 2 is 1.65 bits per heavy atom. The van der Waals surface area contributed by atoms with Crippen LogP contribution in [-0.4, -0.2) is 20.9 Å². The van der Waals surface area contributed by atoms with Gasteiger partial charge in [0, 0.05) is 6.07 Å². The first-order valence-electron chi connectivity index (χ1n) is 10.4. The van der Waals surface area contributed by atoms with Crippen molar-refractivity contribution in [2.75, 3.05) is 0 Å². The van der Waals surface area contributed by atoms with Crippen molar-refractivity contribution in [3.05, 3.63) is 63.6 Å². The first kappa shape index (κ1) is 23.0. The fourth-order valence-corrected chi connectivity index (χ4v) is 5.02. The number of halogens is 3. The van der Waals surface area contributed by atoms with E-state index in [-0.39, 0.29) is 12.5 Å². The number of alkyl halides is 3. The number of carboxylic acid groups (broad SMARTS) is 1. The van der Waals surface area contributed by atoms with Crippen LogP contribution in [0.2, 0.25) is 0 Å². The van der Waals surface area contributed by atoms with Gasteiger partial charge in [-0.25, -0.2) is 4.68 Å². The lowest BCUT2D eigenvalue weighted by Gasteiger charge is -2.46. The molecule has 8 heteroatoms. The highest BCUT2D eigenvalue weighted by Crippen LogP contribution is 2.52. The average molecular weight is 436 g/mol. The van der Waals surface area contributed by atoms with E-state index in [1.165, 1.54) is 0 Å². The molecule has 1 atom stereocenters. The zero-order valence-electron chi connectivity index (χ0n) is 17.9. The Morgan fingerprint density at radius 3 is 2.13 bits per heavy atom. The first-order chi connectivity index (χ1) is 14.4. The standard InChI is InChI=1S/C23H27F3N2O3/c1-21(2,3)22(20(30)31,16-6-4-5-7-16)17-10-8-15(9-11-17)14-28-19(29)13-12-18(27-28)23(24,25)26/h8-13,16H,4-7,14H2,1-3H3,(H,30,31). The number of benzene rings is 1. The van der Waals surface area contributed by atoms with Crippen molar-refractivity contribution in [3.63, 3.8) is 0 Å². The molecule has 2 aromatic rings. The lowest BCUT2D eigenvalue weighted by atomic mass is 9.55. The van der Waals surface area contributed by atoms with Crippen LogP contribution in [0, 0.1) is 11.3 Å². The van der Waals surface area contributed by atoms with Gasteiger partial charge in [0.05, 0.1) is 6.54 Å². The number of nitrogens with zero attached hydrogens (tertiary/aromatic N) is 2. The molecule has 1 unspecified atom stereocenters. The maximum absolute atomic E-state index is 12.9. The highest BCUT2D eigenvalue weighted by Gasteiger charge is 2.55. The Kier molecular flexibility index (Phi) is 6.04. The molecule has 31 heavy (non-hydrogen) atoms. The summed E-state index contributed by atoms with van der Waals surface area (Å²) in [5.74, 6) is -0.862. The van der Waals surface area contributed by atoms with Gasteiger partial charge in [0.2, 0.25) is 0 Å². The predicted molar refractivity (Wildman–Crippen MR) is 110 cm³/mol. The van der Waals surface area contributed by atoms with Gasteiger partial charge in [-0.1, -0.05) is 57.9 Å². The van der Waals surface area contributed by atoms with Gasteiger partial charge >= 0.3 is 12.1 Å². The van der Waals surface area contributed by atoms with Gasteiger partial charge in [-0.3, -0.25) is 9.59 Å². The smallest absolute Gasteiger partial charge is 0.435 e. The quantitative estimate of drug-likeness (QED) is 0.726. The highest BCUT2D eigenvalue weighted by atomic mass is 19.4. The second-order valence-corrected chi connectivity index (χ2v) is 9.25. The SMILES string of the molecule is CC(C)(C)C(C(=O)O)(c1ccc(Cn2nc(C(F)(F)F)ccc2=O)cc1)C1CCCC1. The summed E-state index contributed by atoms with van der Waals surface area (Å²) in [5, 5.41) is 13.8. The van der Waals surface area contributed by atoms with Crippen molar-refractivity contribution >= 4 is 5.97 Å². The molecular weight excluding hydrogens is 409 g/mol. The molecule has 1 N–H and O–H groups in total. The minimum absolute atomic E-state index is 0.00334. The topological polar surface area (TPSA) is 72.2 Å². The molecule has 0 aliphatic heterocycles. The van der Waals surface area contributed by atoms with Crippen molar-refractivity contribution in [1.82, 2.24) is 9.78 Å². The minimum Gasteiger partial charge on any atom is -0.481 e. The van der Waals surface area contributed by atoms with Crippen LogP contribution in [-0.2, 0) is 22.9 Å². The Bertz CT molecular complexity index is 1000. The van der Waals surface area contributed by atoms with Crippen LogP contribution >= 0.6 is 0 Å². The van der Waals surface area contributed by atoms with E-state index in [0.29, 0.717) is 17.2 Å². The van der Waals surface area contributed by atoms with Crippen LogP contribution in [0.15, 0.2) is 41.2 Å². The molecule has 1 aromatic heterocycles. The van der Waals surface area contributed by atoms with E-state index in [1.54, 1.807) is 24.3 Å². The second-order valence-electron chi connectivity index (χ2n) is 9.25. The molecule has 1 aliphatic carbocycles. The monoisotopic (exact) mass is 436 g/mol. The molecule has 168 valence electrons. The second kappa shape index (κ2) is 8.13. The van der Waals surface area contributed by atoms with Gasteiger partial charge < -0.3 is 5.11 Å². The predicted octanol–water partition coefficient (Wildman–Crippen LogP) is 4.87. The van der Waals surface area contributed by atoms with E-state index in [2.05, 4.69) is 5.10 Å². The number of hydrogen-bond acceptors (Lipinski definition) is 3. The lowest BCUT2D eigenvalue weighted by Crippen LogP contribution is -2.52. The van der Waals surface area contributed by atoms with E-state index in [1.807, 2.05) is 20.8 Å². The summed E-state index contributed by atoms with van der Waals surface area (Å²) in [6.45, 7) is 5.65. The molecule has 5 nitrogen and oxygen atoms in total. The Morgan fingerprint density at radius 1 is 1.06 bits per heavy atom. The molecule has 3 rings (SSSR count). The van der Waals surface area contributed by atoms with E-state index < -0.39 is 34.2 Å². The lowest BCUT2D eigenvalue weighted by molar-refractivity contribution is -0.152. The molecule has 1 heterocycles. The Labute approximate surface area is 178 Å². The van der Waals surface area contributed by atoms with Crippen LogP contribution in [0.1, 0.15) is 63.3 Å². The summed E-state index contributed by atoms with van der Waals surface area (Å²) in [4.78, 5) is 24.6. The highest BCUT2D eigenvalue weighted by molar-refractivity contribution is 5.83. The van der Waals surface area contributed by atoms with Crippen molar-refractivity contribution in [2.45, 2.75) is 64.6 Å². The molecule has 1 aromatic carbocycles. The van der Waals surface area contributed by atoms with Crippen LogP contribution in [0.4, 0.5) is 13.2 Å². The third kappa shape index (κ3) is 4.25. The average Bonchev–Trinajstić information content (AvgIpc) is 3.17. The summed E-state index contributed by atoms with van der Waals surface area (Å²) in [6, 6.07) is 8.30. The Hall–Kier alpha value is -2.64. The van der Waals surface area contributed by atoms with E-state index in [4.69, 9.17) is 0 Å². The van der Waals surface area contributed by atoms with Crippen LogP contribution < -0.4 is 5.56 Å². The molecule has 1 saturated carbocycles. The van der Waals surface area contributed by atoms with Gasteiger partial charge in [-0.2, -0.15) is 18.3 Å². The van der Waals surface area contributed by atoms with E-state index in [9.17, 15) is 27.9 Å². The van der Waals surface area contributed by atoms with Crippen molar-refractivity contribution in [1.29, 1.82) is 0 Å². The summed E-state index contributed by atoms with van der Waals surface area (Å²) < 4.78 is 39.5. The van der Waals surface area contributed by atoms with Crippen molar-refractivity contribution < 1.29 is 23.1 Å². The van der Waals surface area contributed by atoms with Crippen LogP contribution in [0.5, 0.6) is 0 Å². The normalized spacial score (nSPS) is 17.5. The van der Waals surface area contributed by atoms with Gasteiger partial charge in [-0.05, 0) is 41.4 Å². The van der Waals surface area contributed by atoms with Gasteiger partial charge in [-0.15, -0.1) is 0 Å². The number of aliphatic carboxylic acids is 1. The van der Waals surface area contributed by atoms with E-state index >= 15 is 0 Å². The maximum Gasteiger partial charge on any atom is 0.435 e. The molecule has 0 saturated heterocycles. The number of carbonyl (C=O) groups is 1. The molecule has 0 bridgehead atoms. The zero-order chi connectivity index (χ0) is 23.0. The molecule has 0 radical (unpaired) electrons. The number of hydrogen-bond donors (Lipinski definition) is 1. The third-order valence-electron chi connectivity index (χ3n) is 6.39. The molecular formula is C23H27F3N2O3. The third-order valence-corrected chi connectivity index (χ3v) is 6.39. The fraction of sp³-hybridized carbons (Fsp3) is 0.522. The van der Waals surface area contributed by atoms with Gasteiger partial charge in [0.25, 0.3) is 5.56 Å². The summed E-state index contributed by atoms with van der Waals surface area (Å²) in [7, 11) is 0. The molecule has 0 amide bonds. The Balaban J connectivity index is 1.98. The number of aromatic nitrogens is 2. The molecule has 0 spiro atoms. The molecule has 1 fully saturated rings. The summed E-state index contributed by atoms with van der Waals surface area (Å²) >= 11 is 0. The minimum atomic E-state index is -4.64. The molecule has 1 aliphatic rings. The van der Waals surface area contributed by atoms with E-state index in [0.717, 1.165) is 36.4 Å². The zero-order valence-corrected chi connectivity index (χ0v) is 17.9. The summed E-state index contributed by atoms with van der Waals surface area (Å²) in [5.41, 5.74) is -2.16. The largest absolute Gasteiger partial charge is 0.481 e. The number of carboxylic acids is 1. The van der Waals surface area contributed by atoms with Gasteiger partial charge in [0.15, 0.2) is 5.69 Å². The van der Waals surface area contributed by atoms with Crippen molar-refractivity contribution in [2.24, 2.45) is 11.3 Å².